The van der Waals surface area contributed by atoms with E-state index in [0.29, 0.717) is 52.0 Å². The molecule has 3 N–H and O–H groups in total. The van der Waals surface area contributed by atoms with Crippen LogP contribution in [0.2, 0.25) is 0 Å². The molecule has 8 aliphatic rings. The normalized spacial score (nSPS) is 42.1. The van der Waals surface area contributed by atoms with E-state index in [0.717, 1.165) is 86.0 Å². The number of fused-ring (bicyclic) bond motifs is 10. The van der Waals surface area contributed by atoms with Crippen LogP contribution in [0.1, 0.15) is 207 Å². The number of hydrogen-bond donors (Lipinski definition) is 3. The third-order valence-electron chi connectivity index (χ3n) is 21.0. The first kappa shape index (κ1) is 58.6. The number of nitrogens with zero attached hydrogens (tertiary/aromatic N) is 3. The van der Waals surface area contributed by atoms with Gasteiger partial charge in [0.25, 0.3) is 0 Å². The molecule has 10 nitrogen and oxygen atoms in total. The fraction of sp³-hybridized carbons (Fsp3) is 0.864. The lowest BCUT2D eigenvalue weighted by molar-refractivity contribution is -0.151. The summed E-state index contributed by atoms with van der Waals surface area (Å²) >= 11 is 3.43. The maximum atomic E-state index is 13.5. The summed E-state index contributed by atoms with van der Waals surface area (Å²) in [7, 11) is 0. The molecule has 400 valence electrons. The Kier molecular flexibility index (Phi) is 18.7. The first-order valence-electron chi connectivity index (χ1n) is 26.9. The second-order valence-electron chi connectivity index (χ2n) is 25.8. The van der Waals surface area contributed by atoms with Gasteiger partial charge in [-0.05, 0) is 226 Å². The quantitative estimate of drug-likeness (QED) is 0.211. The Bertz CT molecular complexity index is 2020. The number of alkyl halides is 1. The molecule has 2 heterocycles. The Hall–Kier alpha value is -2.24. The maximum absolute atomic E-state index is 13.5. The van der Waals surface area contributed by atoms with E-state index in [1.54, 1.807) is 23.3 Å². The van der Waals surface area contributed by atoms with Crippen molar-refractivity contribution in [2.75, 3.05) is 5.33 Å². The molecule has 16 atom stereocenters. The van der Waals surface area contributed by atoms with Crippen LogP contribution in [0, 0.1) is 80.8 Å². The molecule has 0 saturated heterocycles. The molecule has 0 amide bonds. The number of hydrogen-bond acceptors (Lipinski definition) is 8. The molecule has 0 aromatic carbocycles. The van der Waals surface area contributed by atoms with Crippen molar-refractivity contribution in [3.63, 3.8) is 0 Å². The topological polar surface area (TPSA) is 140 Å². The van der Waals surface area contributed by atoms with Gasteiger partial charge in [0.15, 0.2) is 17.3 Å². The molecule has 8 saturated carbocycles. The molecule has 0 bridgehead atoms. The van der Waals surface area contributed by atoms with Crippen LogP contribution in [0.5, 0.6) is 11.5 Å². The number of ether oxygens (including phenoxy) is 2. The molecule has 8 fully saturated rings. The van der Waals surface area contributed by atoms with E-state index in [9.17, 15) is 19.8 Å². The van der Waals surface area contributed by atoms with Crippen LogP contribution in [0.4, 0.5) is 0 Å². The van der Waals surface area contributed by atoms with Crippen LogP contribution < -0.4 is 9.47 Å². The zero-order chi connectivity index (χ0) is 48.3. The fourth-order valence-corrected chi connectivity index (χ4v) is 18.0. The minimum atomic E-state index is -0.475. The van der Waals surface area contributed by atoms with Gasteiger partial charge in [-0.15, -0.1) is 0 Å². The van der Waals surface area contributed by atoms with E-state index >= 15 is 0 Å². The highest BCUT2D eigenvalue weighted by Gasteiger charge is 2.63. The SMILES string of the molecule is C.C.C.CC(C)Oc1cn[nH]c1.CC(C)Oc1cnn(CC(=O)[C@H]2CC[C@H]3[C@@H]4CC[C@@H]5C[C@](C)(O)CC[C@]5(C)[C@H]4CC[C@]23C)c1.C[C@@]1(O)CC[C@@]2(C)[C@H](CC[C@@H]3[C@@H]2CC[C@]2(C)[C@@H](C(=O)CBr)CC[C@@H]32)C1. The lowest BCUT2D eigenvalue weighted by atomic mass is 9.44. The van der Waals surface area contributed by atoms with Gasteiger partial charge >= 0.3 is 0 Å². The molecule has 0 radical (unpaired) electrons. The Morgan fingerprint density at radius 3 is 1.53 bits per heavy atom. The van der Waals surface area contributed by atoms with Crippen molar-refractivity contribution >= 4 is 27.5 Å². The van der Waals surface area contributed by atoms with Crippen LogP contribution in [-0.2, 0) is 16.1 Å². The molecule has 2 aromatic rings. The van der Waals surface area contributed by atoms with Gasteiger partial charge in [0.05, 0.1) is 60.1 Å². The van der Waals surface area contributed by atoms with Crippen LogP contribution in [-0.4, -0.2) is 70.5 Å². The number of H-pyrrole nitrogens is 1. The van der Waals surface area contributed by atoms with Gasteiger partial charge < -0.3 is 19.7 Å². The summed E-state index contributed by atoms with van der Waals surface area (Å²) in [5, 5.41) is 32.6. The Labute approximate surface area is 434 Å². The number of Topliss-reactive ketones (excluding diaryl/α,β-unsaturated/α-hetero) is 2. The predicted octanol–water partition coefficient (Wildman–Crippen LogP) is 14.1. The van der Waals surface area contributed by atoms with Crippen molar-refractivity contribution in [3.05, 3.63) is 24.8 Å². The number of aliphatic hydroxyl groups is 2. The summed E-state index contributed by atoms with van der Waals surface area (Å²) < 4.78 is 12.7. The van der Waals surface area contributed by atoms with Gasteiger partial charge in [-0.1, -0.05) is 65.9 Å². The number of rotatable bonds is 9. The van der Waals surface area contributed by atoms with Crippen LogP contribution in [0.25, 0.3) is 0 Å². The Morgan fingerprint density at radius 1 is 0.629 bits per heavy atom. The van der Waals surface area contributed by atoms with Gasteiger partial charge in [0, 0.05) is 11.8 Å². The number of ketones is 2. The number of carbonyl (C=O) groups is 2. The van der Waals surface area contributed by atoms with Gasteiger partial charge in [-0.3, -0.25) is 19.4 Å². The first-order valence-corrected chi connectivity index (χ1v) is 28.0. The van der Waals surface area contributed by atoms with Crippen LogP contribution >= 0.6 is 15.9 Å². The first-order chi connectivity index (χ1) is 31.5. The summed E-state index contributed by atoms with van der Waals surface area (Å²) in [6.45, 7) is 22.4. The van der Waals surface area contributed by atoms with Crippen molar-refractivity contribution in [1.29, 1.82) is 0 Å². The van der Waals surface area contributed by atoms with Gasteiger partial charge in [0.1, 0.15) is 5.78 Å². The molecule has 0 aliphatic heterocycles. The van der Waals surface area contributed by atoms with E-state index in [1.165, 1.54) is 70.6 Å². The Morgan fingerprint density at radius 2 is 1.09 bits per heavy atom. The molecule has 70 heavy (non-hydrogen) atoms. The van der Waals surface area contributed by atoms with Crippen molar-refractivity contribution in [2.24, 2.45) is 80.8 Å². The molecular formula is C59H101BrN4O6. The molecule has 0 unspecified atom stereocenters. The van der Waals surface area contributed by atoms with Crippen LogP contribution in [0.3, 0.4) is 0 Å². The van der Waals surface area contributed by atoms with Crippen molar-refractivity contribution in [1.82, 2.24) is 20.0 Å². The molecule has 8 aliphatic carbocycles. The maximum Gasteiger partial charge on any atom is 0.157 e. The molecule has 10 rings (SSSR count). The lowest BCUT2D eigenvalue weighted by Gasteiger charge is -2.61. The summed E-state index contributed by atoms with van der Waals surface area (Å²) in [5.41, 5.74) is 0.250. The third-order valence-corrected chi connectivity index (χ3v) is 21.5. The largest absolute Gasteiger partial charge is 0.488 e. The van der Waals surface area contributed by atoms with Crippen molar-refractivity contribution < 1.29 is 29.3 Å². The molecular weight excluding hydrogens is 941 g/mol. The average Bonchev–Trinajstić information content (AvgIpc) is 4.07. The van der Waals surface area contributed by atoms with Crippen molar-refractivity contribution in [2.45, 2.75) is 237 Å². The minimum Gasteiger partial charge on any atom is -0.488 e. The summed E-state index contributed by atoms with van der Waals surface area (Å²) in [4.78, 5) is 26.0. The molecule has 0 spiro atoms. The highest BCUT2D eigenvalue weighted by atomic mass is 79.9. The summed E-state index contributed by atoms with van der Waals surface area (Å²) in [5.74, 6) is 8.70. The second kappa shape index (κ2) is 22.3. The predicted molar refractivity (Wildman–Crippen MR) is 288 cm³/mol. The van der Waals surface area contributed by atoms with Gasteiger partial charge in [-0.25, -0.2) is 0 Å². The van der Waals surface area contributed by atoms with E-state index < -0.39 is 11.2 Å². The number of halogens is 1. The van der Waals surface area contributed by atoms with E-state index in [2.05, 4.69) is 58.9 Å². The standard InChI is InChI=1S/C28H44N2O3.C22H35BrO2.C6H10N2O.3CH4/c1-18(2)33-20-15-29-30(16-20)17-25(31)24-9-8-22-21-7-6-19-14-26(3,32)12-13-27(19,4)23(21)10-11-28(22,24)5;1-20(25)10-11-21(2)14(12-20)4-5-15-16-6-7-18(19(24)13-23)22(16,3)9-8-17(15)21;1-5(2)9-6-3-7-8-4-6;;;/h15-16,18-19,21-24,32H,6-14,17H2,1-5H3;14-18,25H,4-13H2,1-3H3;3-5H,1-2H3,(H,7,8);3*1H4/t19-,21+,22+,23+,24-,26-,27+,28+;14-,15+,16+,17+,18-,20-,21+,22+;;;;/m11..../s1. The molecule has 11 heteroatoms. The van der Waals surface area contributed by atoms with Crippen molar-refractivity contribution in [3.8, 4) is 11.5 Å². The third kappa shape index (κ3) is 11.4. The zero-order valence-electron chi connectivity index (χ0n) is 43.1. The molecule has 2 aromatic heterocycles. The average molecular weight is 1040 g/mol. The Balaban J connectivity index is 0.000000218. The lowest BCUT2D eigenvalue weighted by Crippen LogP contribution is -2.55. The zero-order valence-corrected chi connectivity index (χ0v) is 44.7. The number of aromatic nitrogens is 4. The summed E-state index contributed by atoms with van der Waals surface area (Å²) in [6.07, 6.45) is 28.3. The van der Waals surface area contributed by atoms with Gasteiger partial charge in [0.2, 0.25) is 0 Å². The van der Waals surface area contributed by atoms with Crippen LogP contribution in [0.15, 0.2) is 24.8 Å². The van der Waals surface area contributed by atoms with E-state index in [4.69, 9.17) is 9.47 Å². The smallest absolute Gasteiger partial charge is 0.157 e. The minimum absolute atomic E-state index is 0. The highest BCUT2D eigenvalue weighted by Crippen LogP contribution is 2.70. The second-order valence-corrected chi connectivity index (χ2v) is 26.3. The van der Waals surface area contributed by atoms with E-state index in [-0.39, 0.29) is 57.2 Å². The number of nitrogens with one attached hydrogen (secondary N) is 1. The summed E-state index contributed by atoms with van der Waals surface area (Å²) in [6, 6.07) is 0. The van der Waals surface area contributed by atoms with Gasteiger partial charge in [-0.2, -0.15) is 10.2 Å². The monoisotopic (exact) mass is 1040 g/mol. The number of carbonyl (C=O) groups excluding carboxylic acids is 2. The number of aromatic amines is 1. The van der Waals surface area contributed by atoms with E-state index in [1.807, 2.05) is 47.7 Å². The highest BCUT2D eigenvalue weighted by molar-refractivity contribution is 9.09. The fourth-order valence-electron chi connectivity index (χ4n) is 17.6.